The zero-order valence-electron chi connectivity index (χ0n) is 38.7. The Kier molecular flexibility index (Phi) is 21.6. The number of amides is 8. The normalized spacial score (nSPS) is 24.1. The molecule has 2 heterocycles. The number of benzene rings is 1. The van der Waals surface area contributed by atoms with E-state index < -0.39 is 96.0 Å². The van der Waals surface area contributed by atoms with Crippen LogP contribution in [0.25, 0.3) is 10.9 Å². The number of ether oxygens (including phenoxy) is 1. The molecule has 20 nitrogen and oxygen atoms in total. The smallest absolute Gasteiger partial charge is 0.246 e. The maximum atomic E-state index is 14.2. The number of hydrogen-bond donors (Lipinski definition) is 9. The number of carbonyl (C=O) groups excluding carboxylic acids is 8. The van der Waals surface area contributed by atoms with Crippen molar-refractivity contribution in [2.75, 3.05) is 33.4 Å². The standard InChI is InChI=1S/C45H69N11O9/c1-9-18-65-25-38(58)52-36-21-30(47-7)24-56(8)17-13-12-16-33(40(46)59)51-37(57)23-49-42(61)34(19-26(2)3)54-43(62)35(20-29-22-48-32-15-11-10-14-31(29)32)53-41(60)28(6)50-45(64)39(27(4)5)55-44(36)63/h10-11,14-15,22,24,26-28,33-36,39,48H,7,9,12-13,16-21,23,25H2,1-6,8H3,(H2,46,59)(H,49,61)(H,50,64)(H,51,57)(H,52,58)(H,53,60)(H,54,62)(H,55,63)/b30-24-. The highest BCUT2D eigenvalue weighted by Crippen LogP contribution is 2.20. The number of nitrogens with one attached hydrogen (secondary N) is 8. The van der Waals surface area contributed by atoms with Crippen LogP contribution in [0.4, 0.5) is 0 Å². The predicted molar refractivity (Wildman–Crippen MR) is 246 cm³/mol. The molecular weight excluding hydrogens is 839 g/mol. The van der Waals surface area contributed by atoms with Crippen molar-refractivity contribution in [3.8, 4) is 0 Å². The van der Waals surface area contributed by atoms with Crippen LogP contribution < -0.4 is 43.0 Å². The van der Waals surface area contributed by atoms with E-state index in [1.54, 1.807) is 38.2 Å². The van der Waals surface area contributed by atoms with Crippen LogP contribution in [-0.4, -0.2) is 133 Å². The highest BCUT2D eigenvalue weighted by molar-refractivity contribution is 5.97. The summed E-state index contributed by atoms with van der Waals surface area (Å²) < 4.78 is 5.39. The Hall–Kier alpha value is -6.31. The predicted octanol–water partition coefficient (Wildman–Crippen LogP) is 0.417. The number of aromatic nitrogens is 1. The van der Waals surface area contributed by atoms with Gasteiger partial charge in [-0.05, 0) is 69.2 Å². The summed E-state index contributed by atoms with van der Waals surface area (Å²) >= 11 is 0. The van der Waals surface area contributed by atoms with Gasteiger partial charge < -0.3 is 57.6 Å². The summed E-state index contributed by atoms with van der Waals surface area (Å²) in [5.74, 6) is -6.07. The fourth-order valence-corrected chi connectivity index (χ4v) is 7.13. The van der Waals surface area contributed by atoms with Crippen molar-refractivity contribution in [1.29, 1.82) is 0 Å². The van der Waals surface area contributed by atoms with Crippen molar-refractivity contribution in [1.82, 2.24) is 47.1 Å². The summed E-state index contributed by atoms with van der Waals surface area (Å²) in [6.07, 6.45) is 5.30. The number of H-pyrrole nitrogens is 1. The van der Waals surface area contributed by atoms with Gasteiger partial charge in [0.2, 0.25) is 47.3 Å². The van der Waals surface area contributed by atoms with Gasteiger partial charge in [0.25, 0.3) is 0 Å². The largest absolute Gasteiger partial charge is 0.379 e. The lowest BCUT2D eigenvalue weighted by molar-refractivity contribution is -0.136. The van der Waals surface area contributed by atoms with Gasteiger partial charge in [-0.15, -0.1) is 0 Å². The van der Waals surface area contributed by atoms with Crippen LogP contribution in [0.1, 0.15) is 85.6 Å². The second-order valence-corrected chi connectivity index (χ2v) is 17.1. The molecule has 1 aromatic heterocycles. The van der Waals surface area contributed by atoms with Crippen LogP contribution in [0.2, 0.25) is 0 Å². The number of rotatable bonds is 12. The molecule has 10 N–H and O–H groups in total. The van der Waals surface area contributed by atoms with Crippen molar-refractivity contribution < 1.29 is 43.1 Å². The Morgan fingerprint density at radius 1 is 0.923 bits per heavy atom. The van der Waals surface area contributed by atoms with E-state index in [1.165, 1.54) is 6.92 Å². The first-order valence-corrected chi connectivity index (χ1v) is 22.2. The van der Waals surface area contributed by atoms with Crippen molar-refractivity contribution in [3.05, 3.63) is 47.9 Å². The number of hydrogen-bond acceptors (Lipinski definition) is 11. The summed E-state index contributed by atoms with van der Waals surface area (Å²) in [4.78, 5) is 117. The van der Waals surface area contributed by atoms with Crippen LogP contribution in [-0.2, 0) is 49.5 Å². The van der Waals surface area contributed by atoms with Gasteiger partial charge in [0, 0.05) is 56.3 Å². The van der Waals surface area contributed by atoms with Gasteiger partial charge in [0.15, 0.2) is 0 Å². The van der Waals surface area contributed by atoms with E-state index in [1.807, 2.05) is 45.0 Å². The Balaban J connectivity index is 2.01. The third kappa shape index (κ3) is 17.6. The Morgan fingerprint density at radius 2 is 1.63 bits per heavy atom. The molecule has 1 aliphatic rings. The number of fused-ring (bicyclic) bond motifs is 1. The number of para-hydroxylation sites is 1. The molecule has 3 rings (SSSR count). The molecule has 0 saturated carbocycles. The molecule has 6 atom stereocenters. The molecule has 65 heavy (non-hydrogen) atoms. The second-order valence-electron chi connectivity index (χ2n) is 17.1. The van der Waals surface area contributed by atoms with E-state index >= 15 is 0 Å². The lowest BCUT2D eigenvalue weighted by atomic mass is 10.0. The van der Waals surface area contributed by atoms with Crippen molar-refractivity contribution >= 4 is 64.9 Å². The van der Waals surface area contributed by atoms with E-state index in [2.05, 4.69) is 53.9 Å². The molecule has 0 saturated heterocycles. The average molecular weight is 908 g/mol. The average Bonchev–Trinajstić information content (AvgIpc) is 3.66. The molecule has 8 amide bonds. The highest BCUT2D eigenvalue weighted by atomic mass is 16.5. The first-order valence-electron chi connectivity index (χ1n) is 22.2. The van der Waals surface area contributed by atoms with Crippen LogP contribution in [0.15, 0.2) is 47.4 Å². The van der Waals surface area contributed by atoms with Gasteiger partial charge in [-0.3, -0.25) is 43.3 Å². The monoisotopic (exact) mass is 908 g/mol. The molecule has 0 aliphatic carbocycles. The minimum atomic E-state index is -1.25. The summed E-state index contributed by atoms with van der Waals surface area (Å²) in [7, 11) is 1.76. The zero-order chi connectivity index (χ0) is 48.2. The van der Waals surface area contributed by atoms with E-state index in [0.717, 1.165) is 10.9 Å². The van der Waals surface area contributed by atoms with E-state index in [4.69, 9.17) is 10.5 Å². The summed E-state index contributed by atoms with van der Waals surface area (Å²) in [6, 6.07) is 0.371. The Morgan fingerprint density at radius 3 is 2.29 bits per heavy atom. The number of carbonyl (C=O) groups is 8. The first-order chi connectivity index (χ1) is 30.8. The molecule has 0 radical (unpaired) electrons. The van der Waals surface area contributed by atoms with Crippen LogP contribution in [0.5, 0.6) is 0 Å². The Labute approximate surface area is 380 Å². The maximum absolute atomic E-state index is 14.2. The van der Waals surface area contributed by atoms with Crippen LogP contribution >= 0.6 is 0 Å². The van der Waals surface area contributed by atoms with Gasteiger partial charge in [0.05, 0.1) is 12.2 Å². The number of nitrogens with two attached hydrogens (primary N) is 1. The van der Waals surface area contributed by atoms with Crippen LogP contribution in [0.3, 0.4) is 0 Å². The number of aliphatic imine (C=N–C) groups is 1. The lowest BCUT2D eigenvalue weighted by Gasteiger charge is -2.28. The molecule has 1 aromatic carbocycles. The molecule has 358 valence electrons. The summed E-state index contributed by atoms with van der Waals surface area (Å²) in [6.45, 7) is 14.0. The molecule has 1 aliphatic heterocycles. The van der Waals surface area contributed by atoms with Gasteiger partial charge in [-0.2, -0.15) is 0 Å². The van der Waals surface area contributed by atoms with E-state index in [-0.39, 0.29) is 38.2 Å². The third-order valence-electron chi connectivity index (χ3n) is 10.6. The van der Waals surface area contributed by atoms with Crippen LogP contribution in [0, 0.1) is 11.8 Å². The highest BCUT2D eigenvalue weighted by Gasteiger charge is 2.33. The van der Waals surface area contributed by atoms with Gasteiger partial charge in [-0.1, -0.05) is 52.8 Å². The van der Waals surface area contributed by atoms with E-state index in [0.29, 0.717) is 43.7 Å². The minimum Gasteiger partial charge on any atom is -0.379 e. The lowest BCUT2D eigenvalue weighted by Crippen LogP contribution is -2.60. The van der Waals surface area contributed by atoms with Gasteiger partial charge in [0.1, 0.15) is 42.9 Å². The molecule has 0 spiro atoms. The quantitative estimate of drug-likeness (QED) is 0.105. The fraction of sp³-hybridized carbons (Fsp3) is 0.578. The summed E-state index contributed by atoms with van der Waals surface area (Å²) in [5.41, 5.74) is 7.45. The topological polar surface area (TPSA) is 287 Å². The molecule has 2 aromatic rings. The maximum Gasteiger partial charge on any atom is 0.246 e. The minimum absolute atomic E-state index is 0.0117. The fourth-order valence-electron chi connectivity index (χ4n) is 7.13. The number of aromatic amines is 1. The summed E-state index contributed by atoms with van der Waals surface area (Å²) in [5, 5.41) is 19.5. The zero-order valence-corrected chi connectivity index (χ0v) is 38.7. The first kappa shape index (κ1) is 53.0. The molecule has 6 unspecified atom stereocenters. The SMILES string of the molecule is C=N/C1=C\N(C)CCCCC(C(N)=O)NC(=O)CNC(=O)C(CC(C)C)NC(=O)C(Cc2c[nH]c3ccccc23)NC(=O)C(C)NC(=O)C(C(C)C)NC(=O)C(NC(=O)COCCC)C1. The van der Waals surface area contributed by atoms with Gasteiger partial charge in [-0.25, -0.2) is 0 Å². The van der Waals surface area contributed by atoms with Crippen molar-refractivity contribution in [3.63, 3.8) is 0 Å². The number of primary amides is 1. The van der Waals surface area contributed by atoms with Crippen molar-refractivity contribution in [2.45, 2.75) is 123 Å². The van der Waals surface area contributed by atoms with Crippen molar-refractivity contribution in [2.24, 2.45) is 22.6 Å². The second kappa shape index (κ2) is 26.5. The molecule has 20 heteroatoms. The molecule has 0 fully saturated rings. The third-order valence-corrected chi connectivity index (χ3v) is 10.6. The molecular formula is C45H69N11O9. The number of nitrogens with zero attached hydrogens (tertiary/aromatic N) is 2. The van der Waals surface area contributed by atoms with E-state index in [9.17, 15) is 38.4 Å². The molecule has 0 bridgehead atoms. The van der Waals surface area contributed by atoms with Gasteiger partial charge >= 0.3 is 0 Å². The Bertz CT molecular complexity index is 2020.